The van der Waals surface area contributed by atoms with Gasteiger partial charge in [0.25, 0.3) is 0 Å². The molecule has 0 aromatic rings. The topological polar surface area (TPSA) is 52.0 Å². The van der Waals surface area contributed by atoms with Crippen LogP contribution in [0, 0.1) is 0 Å². The van der Waals surface area contributed by atoms with Crippen LogP contribution in [0.1, 0.15) is 33.6 Å². The molecule has 0 aromatic carbocycles. The van der Waals surface area contributed by atoms with Crippen LogP contribution in [0.3, 0.4) is 0 Å². The van der Waals surface area contributed by atoms with Crippen LogP contribution in [0.15, 0.2) is 0 Å². The second-order valence-electron chi connectivity index (χ2n) is 2.87. The molecule has 0 aliphatic heterocycles. The molecule has 0 amide bonds. The Morgan fingerprint density at radius 2 is 1.40 bits per heavy atom. The fraction of sp³-hybridized carbons (Fsp3) is 1.00. The lowest BCUT2D eigenvalue weighted by atomic mass is 9.88. The molecule has 0 spiro atoms. The minimum absolute atomic E-state index is 0.116. The van der Waals surface area contributed by atoms with Crippen molar-refractivity contribution in [3.63, 3.8) is 0 Å². The molecule has 0 rings (SSSR count). The van der Waals surface area contributed by atoms with E-state index in [1.54, 1.807) is 0 Å². The minimum Gasteiger partial charge on any atom is -0.316 e. The van der Waals surface area contributed by atoms with Crippen LogP contribution in [0.2, 0.25) is 5.82 Å². The average molecular weight is 144 g/mol. The molecule has 0 saturated carbocycles. The molecule has 0 aromatic heterocycles. The molecule has 0 radical (unpaired) electrons. The Balaban J connectivity index is 0. The minimum atomic E-state index is -0.116. The Bertz CT molecular complexity index is 47.6. The molecule has 0 fully saturated rings. The largest absolute Gasteiger partial charge is 0.316 e. The summed E-state index contributed by atoms with van der Waals surface area (Å²) in [6.45, 7) is 6.37. The monoisotopic (exact) mass is 144 g/mol. The molecule has 0 aliphatic rings. The van der Waals surface area contributed by atoms with E-state index in [1.165, 1.54) is 6.42 Å². The quantitative estimate of drug-likeness (QED) is 0.437. The maximum absolute atomic E-state index is 5.07. The molecule has 0 aliphatic carbocycles. The van der Waals surface area contributed by atoms with Gasteiger partial charge in [0.2, 0.25) is 0 Å². The predicted molar refractivity (Wildman–Crippen MR) is 50.7 cm³/mol. The zero-order chi connectivity index (χ0) is 8.57. The Morgan fingerprint density at radius 3 is 1.40 bits per heavy atom. The van der Waals surface area contributed by atoms with E-state index in [0.717, 1.165) is 12.2 Å². The van der Waals surface area contributed by atoms with E-state index in [9.17, 15) is 0 Å². The normalized spacial score (nSPS) is 12.2. The van der Waals surface area contributed by atoms with Gasteiger partial charge in [0.15, 0.2) is 0 Å². The van der Waals surface area contributed by atoms with E-state index in [-0.39, 0.29) is 6.17 Å². The van der Waals surface area contributed by atoms with Crippen molar-refractivity contribution in [1.82, 2.24) is 0 Å². The summed E-state index contributed by atoms with van der Waals surface area (Å²) in [5.41, 5.74) is 10.1. The predicted octanol–water partition coefficient (Wildman–Crippen LogP) is 0.478. The summed E-state index contributed by atoms with van der Waals surface area (Å²) >= 11 is 0. The van der Waals surface area contributed by atoms with Crippen LogP contribution in [-0.4, -0.2) is 14.0 Å². The molecule has 4 N–H and O–H groups in total. The summed E-state index contributed by atoms with van der Waals surface area (Å²) < 4.78 is 0. The number of hydrogen-bond donors (Lipinski definition) is 2. The highest BCUT2D eigenvalue weighted by Gasteiger charge is 1.81. The zero-order valence-corrected chi connectivity index (χ0v) is 7.72. The summed E-state index contributed by atoms with van der Waals surface area (Å²) in [7, 11) is 2.22. The van der Waals surface area contributed by atoms with Gasteiger partial charge in [0, 0.05) is 0 Å². The molecule has 0 heterocycles. The maximum Gasteiger partial charge on any atom is 0.105 e. The van der Waals surface area contributed by atoms with Crippen molar-refractivity contribution >= 4 is 7.85 Å². The lowest BCUT2D eigenvalue weighted by Gasteiger charge is -1.92. The van der Waals surface area contributed by atoms with Gasteiger partial charge in [0.05, 0.1) is 6.17 Å². The van der Waals surface area contributed by atoms with Crippen molar-refractivity contribution in [1.29, 1.82) is 0 Å². The van der Waals surface area contributed by atoms with Crippen molar-refractivity contribution < 1.29 is 0 Å². The molecule has 2 nitrogen and oxygen atoms in total. The molecule has 3 heteroatoms. The first-order chi connectivity index (χ1) is 4.54. The van der Waals surface area contributed by atoms with E-state index in [1.807, 2.05) is 6.92 Å². The maximum atomic E-state index is 5.07. The van der Waals surface area contributed by atoms with Gasteiger partial charge in [-0.3, -0.25) is 0 Å². The summed E-state index contributed by atoms with van der Waals surface area (Å²) in [5.74, 6) is 0.884. The van der Waals surface area contributed by atoms with Crippen molar-refractivity contribution in [3.05, 3.63) is 0 Å². The molecule has 1 unspecified atom stereocenters. The molecule has 0 bridgehead atoms. The van der Waals surface area contributed by atoms with Crippen LogP contribution < -0.4 is 11.5 Å². The summed E-state index contributed by atoms with van der Waals surface area (Å²) in [6.07, 6.45) is 2.05. The molecule has 0 saturated heterocycles. The van der Waals surface area contributed by atoms with Gasteiger partial charge in [0.1, 0.15) is 7.85 Å². The third-order valence-corrected chi connectivity index (χ3v) is 1.29. The van der Waals surface area contributed by atoms with Gasteiger partial charge in [-0.15, -0.1) is 0 Å². The molecule has 1 atom stereocenters. The van der Waals surface area contributed by atoms with Crippen LogP contribution in [-0.2, 0) is 0 Å². The average Bonchev–Trinajstić information content (AvgIpc) is 1.89. The van der Waals surface area contributed by atoms with E-state index in [4.69, 9.17) is 11.5 Å². The van der Waals surface area contributed by atoms with E-state index >= 15 is 0 Å². The van der Waals surface area contributed by atoms with Crippen LogP contribution in [0.5, 0.6) is 0 Å². The zero-order valence-electron chi connectivity index (χ0n) is 7.72. The standard InChI is InChI=1S/C4H11B.C3H10N2/c1-3-4(2)5;1-2-3(4)5/h4H,3,5H2,1-2H3;3H,2,4-5H2,1H3. The smallest absolute Gasteiger partial charge is 0.105 e. The first-order valence-electron chi connectivity index (χ1n) is 4.05. The molecular weight excluding hydrogens is 123 g/mol. The molecule has 10 heavy (non-hydrogen) atoms. The Hall–Kier alpha value is -0.0151. The van der Waals surface area contributed by atoms with Crippen molar-refractivity contribution in [2.24, 2.45) is 11.5 Å². The summed E-state index contributed by atoms with van der Waals surface area (Å²) in [5, 5.41) is 0. The summed E-state index contributed by atoms with van der Waals surface area (Å²) in [4.78, 5) is 0. The van der Waals surface area contributed by atoms with Gasteiger partial charge in [-0.1, -0.05) is 33.0 Å². The Labute approximate surface area is 65.8 Å². The molecule has 62 valence electrons. The first kappa shape index (κ1) is 12.6. The highest BCUT2D eigenvalue weighted by Crippen LogP contribution is 1.97. The van der Waals surface area contributed by atoms with Gasteiger partial charge < -0.3 is 11.5 Å². The number of rotatable bonds is 2. The molecular formula is C7H21BN2. The Morgan fingerprint density at radius 1 is 1.20 bits per heavy atom. The van der Waals surface area contributed by atoms with E-state index in [2.05, 4.69) is 21.7 Å². The van der Waals surface area contributed by atoms with Crippen molar-refractivity contribution in [2.75, 3.05) is 0 Å². The number of nitrogens with two attached hydrogens (primary N) is 2. The van der Waals surface area contributed by atoms with E-state index < -0.39 is 0 Å². The highest BCUT2D eigenvalue weighted by atomic mass is 14.8. The van der Waals surface area contributed by atoms with Gasteiger partial charge >= 0.3 is 0 Å². The van der Waals surface area contributed by atoms with Gasteiger partial charge in [-0.25, -0.2) is 0 Å². The fourth-order valence-corrected chi connectivity index (χ4v) is 0. The second kappa shape index (κ2) is 8.98. The van der Waals surface area contributed by atoms with Gasteiger partial charge in [-0.2, -0.15) is 0 Å². The Kier molecular flexibility index (Phi) is 11.4. The SMILES string of the molecule is BC(C)CC.CCC(N)N. The lowest BCUT2D eigenvalue weighted by Crippen LogP contribution is -2.28. The first-order valence-corrected chi connectivity index (χ1v) is 4.05. The van der Waals surface area contributed by atoms with Crippen LogP contribution in [0.25, 0.3) is 0 Å². The van der Waals surface area contributed by atoms with Crippen molar-refractivity contribution in [2.45, 2.75) is 45.6 Å². The lowest BCUT2D eigenvalue weighted by molar-refractivity contribution is 0.682. The van der Waals surface area contributed by atoms with E-state index in [0.29, 0.717) is 0 Å². The van der Waals surface area contributed by atoms with Gasteiger partial charge in [-0.05, 0) is 6.42 Å². The fourth-order valence-electron chi connectivity index (χ4n) is 0. The highest BCUT2D eigenvalue weighted by molar-refractivity contribution is 6.11. The van der Waals surface area contributed by atoms with Crippen LogP contribution >= 0.6 is 0 Å². The number of hydrogen-bond acceptors (Lipinski definition) is 2. The summed E-state index contributed by atoms with van der Waals surface area (Å²) in [6, 6.07) is 0. The van der Waals surface area contributed by atoms with Crippen LogP contribution in [0.4, 0.5) is 0 Å². The van der Waals surface area contributed by atoms with Crippen molar-refractivity contribution in [3.8, 4) is 0 Å². The second-order valence-corrected chi connectivity index (χ2v) is 2.87. The third-order valence-electron chi connectivity index (χ3n) is 1.29. The third kappa shape index (κ3) is 24.5.